The third kappa shape index (κ3) is 2.57. The van der Waals surface area contributed by atoms with Gasteiger partial charge in [0.25, 0.3) is 0 Å². The van der Waals surface area contributed by atoms with Crippen molar-refractivity contribution >= 4 is 11.8 Å². The minimum absolute atomic E-state index is 0.680. The highest BCUT2D eigenvalue weighted by molar-refractivity contribution is 7.98. The van der Waals surface area contributed by atoms with Crippen LogP contribution in [0.3, 0.4) is 0 Å². The van der Waals surface area contributed by atoms with Crippen molar-refractivity contribution in [2.45, 2.75) is 17.8 Å². The van der Waals surface area contributed by atoms with Crippen LogP contribution in [0, 0.1) is 6.92 Å². The maximum absolute atomic E-state index is 5.18. The summed E-state index contributed by atoms with van der Waals surface area (Å²) in [4.78, 5) is 4.10. The van der Waals surface area contributed by atoms with Gasteiger partial charge >= 0.3 is 0 Å². The van der Waals surface area contributed by atoms with Gasteiger partial charge in [-0.3, -0.25) is 4.98 Å². The predicted molar refractivity (Wildman–Crippen MR) is 75.0 cm³/mol. The number of aryl methyl sites for hydroxylation is 1. The zero-order valence-electron chi connectivity index (χ0n) is 11.1. The first-order chi connectivity index (χ1) is 9.74. The summed E-state index contributed by atoms with van der Waals surface area (Å²) in [7, 11) is 1.94. The summed E-state index contributed by atoms with van der Waals surface area (Å²) in [6.45, 7) is 1.90. The van der Waals surface area contributed by atoms with Gasteiger partial charge in [-0.25, -0.2) is 0 Å². The number of thioether (sulfide) groups is 1. The molecular weight excluding hydrogens is 274 g/mol. The SMILES string of the molecule is Cc1cc(CSc2nnc(-c3cccnc3)n2C)on1. The van der Waals surface area contributed by atoms with Crippen LogP contribution in [0.15, 0.2) is 40.3 Å². The summed E-state index contributed by atoms with van der Waals surface area (Å²) in [6.07, 6.45) is 3.51. The number of hydrogen-bond acceptors (Lipinski definition) is 6. The van der Waals surface area contributed by atoms with Crippen molar-refractivity contribution in [1.82, 2.24) is 24.9 Å². The lowest BCUT2D eigenvalue weighted by atomic mass is 10.3. The van der Waals surface area contributed by atoms with Crippen molar-refractivity contribution in [2.24, 2.45) is 7.05 Å². The van der Waals surface area contributed by atoms with Crippen molar-refractivity contribution in [2.75, 3.05) is 0 Å². The first-order valence-corrected chi connectivity index (χ1v) is 7.07. The number of pyridine rings is 1. The Morgan fingerprint density at radius 2 is 2.25 bits per heavy atom. The number of nitrogens with zero attached hydrogens (tertiary/aromatic N) is 5. The molecule has 0 aromatic carbocycles. The third-order valence-corrected chi connectivity index (χ3v) is 3.82. The van der Waals surface area contributed by atoms with Gasteiger partial charge in [-0.2, -0.15) is 0 Å². The Morgan fingerprint density at radius 3 is 2.95 bits per heavy atom. The van der Waals surface area contributed by atoms with E-state index in [1.165, 1.54) is 0 Å². The van der Waals surface area contributed by atoms with Gasteiger partial charge in [0.1, 0.15) is 5.76 Å². The van der Waals surface area contributed by atoms with Crippen LogP contribution < -0.4 is 0 Å². The minimum Gasteiger partial charge on any atom is -0.360 e. The summed E-state index contributed by atoms with van der Waals surface area (Å²) in [5, 5.41) is 13.1. The lowest BCUT2D eigenvalue weighted by Gasteiger charge is -2.02. The van der Waals surface area contributed by atoms with Crippen LogP contribution in [-0.4, -0.2) is 24.9 Å². The molecule has 3 rings (SSSR count). The van der Waals surface area contributed by atoms with E-state index in [2.05, 4.69) is 20.3 Å². The van der Waals surface area contributed by atoms with Crippen molar-refractivity contribution in [3.05, 3.63) is 42.0 Å². The molecule has 7 heteroatoms. The number of aromatic nitrogens is 5. The Kier molecular flexibility index (Phi) is 3.51. The zero-order valence-corrected chi connectivity index (χ0v) is 12.0. The quantitative estimate of drug-likeness (QED) is 0.687. The topological polar surface area (TPSA) is 69.6 Å². The molecule has 0 spiro atoms. The van der Waals surface area contributed by atoms with Gasteiger partial charge in [-0.05, 0) is 19.1 Å². The van der Waals surface area contributed by atoms with Gasteiger partial charge in [-0.1, -0.05) is 16.9 Å². The molecule has 102 valence electrons. The second-order valence-electron chi connectivity index (χ2n) is 4.33. The minimum atomic E-state index is 0.680. The molecule has 6 nitrogen and oxygen atoms in total. The van der Waals surface area contributed by atoms with E-state index in [4.69, 9.17) is 4.52 Å². The lowest BCUT2D eigenvalue weighted by molar-refractivity contribution is 0.391. The van der Waals surface area contributed by atoms with Crippen LogP contribution in [0.4, 0.5) is 0 Å². The smallest absolute Gasteiger partial charge is 0.191 e. The van der Waals surface area contributed by atoms with Crippen LogP contribution in [0.1, 0.15) is 11.5 Å². The van der Waals surface area contributed by atoms with E-state index in [9.17, 15) is 0 Å². The molecular formula is C13H13N5OS. The average Bonchev–Trinajstić information content (AvgIpc) is 3.04. The number of rotatable bonds is 4. The molecule has 0 radical (unpaired) electrons. The van der Waals surface area contributed by atoms with E-state index in [1.807, 2.05) is 36.7 Å². The summed E-state index contributed by atoms with van der Waals surface area (Å²) in [6, 6.07) is 5.77. The molecule has 0 aliphatic heterocycles. The Hall–Kier alpha value is -2.15. The van der Waals surface area contributed by atoms with E-state index in [0.29, 0.717) is 5.75 Å². The number of hydrogen-bond donors (Lipinski definition) is 0. The van der Waals surface area contributed by atoms with Gasteiger partial charge in [0.05, 0.1) is 11.4 Å². The largest absolute Gasteiger partial charge is 0.360 e. The predicted octanol–water partition coefficient (Wildman–Crippen LogP) is 2.47. The molecule has 0 aliphatic rings. The maximum Gasteiger partial charge on any atom is 0.191 e. The van der Waals surface area contributed by atoms with Gasteiger partial charge in [0, 0.05) is 31.1 Å². The van der Waals surface area contributed by atoms with E-state index < -0.39 is 0 Å². The molecule has 0 atom stereocenters. The fourth-order valence-corrected chi connectivity index (χ4v) is 2.59. The monoisotopic (exact) mass is 287 g/mol. The van der Waals surface area contributed by atoms with E-state index in [-0.39, 0.29) is 0 Å². The van der Waals surface area contributed by atoms with E-state index >= 15 is 0 Å². The van der Waals surface area contributed by atoms with Crippen LogP contribution >= 0.6 is 11.8 Å². The second kappa shape index (κ2) is 5.46. The highest BCUT2D eigenvalue weighted by Crippen LogP contribution is 2.24. The molecule has 0 unspecified atom stereocenters. The van der Waals surface area contributed by atoms with Crippen molar-refractivity contribution in [3.63, 3.8) is 0 Å². The second-order valence-corrected chi connectivity index (χ2v) is 5.27. The van der Waals surface area contributed by atoms with E-state index in [1.54, 1.807) is 24.2 Å². The third-order valence-electron chi connectivity index (χ3n) is 2.77. The van der Waals surface area contributed by atoms with Crippen LogP contribution in [-0.2, 0) is 12.8 Å². The summed E-state index contributed by atoms with van der Waals surface area (Å²) in [5.74, 6) is 2.31. The van der Waals surface area contributed by atoms with Gasteiger partial charge in [-0.15, -0.1) is 10.2 Å². The molecule has 0 fully saturated rings. The van der Waals surface area contributed by atoms with Crippen molar-refractivity contribution < 1.29 is 4.52 Å². The Labute approximate surface area is 120 Å². The average molecular weight is 287 g/mol. The molecule has 0 bridgehead atoms. The zero-order chi connectivity index (χ0) is 13.9. The lowest BCUT2D eigenvalue weighted by Crippen LogP contribution is -1.95. The fourth-order valence-electron chi connectivity index (χ4n) is 1.81. The Morgan fingerprint density at radius 1 is 1.35 bits per heavy atom. The van der Waals surface area contributed by atoms with Gasteiger partial charge in [0.2, 0.25) is 0 Å². The fraction of sp³-hybridized carbons (Fsp3) is 0.231. The summed E-state index contributed by atoms with van der Waals surface area (Å²) in [5.41, 5.74) is 1.83. The summed E-state index contributed by atoms with van der Waals surface area (Å²) < 4.78 is 7.13. The first kappa shape index (κ1) is 12.9. The summed E-state index contributed by atoms with van der Waals surface area (Å²) >= 11 is 1.56. The Balaban J connectivity index is 1.77. The molecule has 3 heterocycles. The van der Waals surface area contributed by atoms with E-state index in [0.717, 1.165) is 28.0 Å². The van der Waals surface area contributed by atoms with Crippen LogP contribution in [0.5, 0.6) is 0 Å². The normalized spacial score (nSPS) is 10.9. The molecule has 3 aromatic rings. The van der Waals surface area contributed by atoms with Crippen LogP contribution in [0.2, 0.25) is 0 Å². The van der Waals surface area contributed by atoms with Crippen molar-refractivity contribution in [3.8, 4) is 11.4 Å². The van der Waals surface area contributed by atoms with Gasteiger partial charge in [0.15, 0.2) is 11.0 Å². The first-order valence-electron chi connectivity index (χ1n) is 6.09. The van der Waals surface area contributed by atoms with Crippen LogP contribution in [0.25, 0.3) is 11.4 Å². The highest BCUT2D eigenvalue weighted by atomic mass is 32.2. The Bertz CT molecular complexity index is 707. The molecule has 0 saturated heterocycles. The molecule has 3 aromatic heterocycles. The molecule has 0 N–H and O–H groups in total. The molecule has 0 saturated carbocycles. The van der Waals surface area contributed by atoms with Gasteiger partial charge < -0.3 is 9.09 Å². The molecule has 20 heavy (non-hydrogen) atoms. The molecule has 0 aliphatic carbocycles. The molecule has 0 amide bonds. The van der Waals surface area contributed by atoms with Crippen molar-refractivity contribution in [1.29, 1.82) is 0 Å². The maximum atomic E-state index is 5.18. The highest BCUT2D eigenvalue weighted by Gasteiger charge is 2.12. The standard InChI is InChI=1S/C13H13N5OS/c1-9-6-11(19-17-9)8-20-13-16-15-12(18(13)2)10-4-3-5-14-7-10/h3-7H,8H2,1-2H3.